The van der Waals surface area contributed by atoms with Gasteiger partial charge in [-0.1, -0.05) is 30.3 Å². The average molecular weight is 185 g/mol. The predicted octanol–water partition coefficient (Wildman–Crippen LogP) is -0.402. The number of aliphatic hydroxyl groups excluding tert-OH is 1. The Morgan fingerprint density at radius 2 is 1.85 bits per heavy atom. The molecule has 0 aliphatic carbocycles. The van der Waals surface area contributed by atoms with Gasteiger partial charge in [0.15, 0.2) is 6.23 Å². The second-order valence-corrected chi connectivity index (χ2v) is 2.60. The first-order valence-electron chi connectivity index (χ1n) is 3.65. The molecule has 5 heteroatoms. The molecular weight excluding hydrogens is 174 g/mol. The van der Waals surface area contributed by atoms with Crippen molar-refractivity contribution in [1.29, 1.82) is 0 Å². The lowest BCUT2D eigenvalue weighted by Crippen LogP contribution is -2.46. The summed E-state index contributed by atoms with van der Waals surface area (Å²) in [5.41, 5.74) is 5.21. The van der Waals surface area contributed by atoms with Crippen LogP contribution in [-0.4, -0.2) is 21.7 Å². The third-order valence-corrected chi connectivity index (χ3v) is 1.73. The highest BCUT2D eigenvalue weighted by Gasteiger charge is 2.37. The van der Waals surface area contributed by atoms with Crippen molar-refractivity contribution in [2.24, 2.45) is 5.73 Å². The van der Waals surface area contributed by atoms with E-state index in [9.17, 15) is 5.11 Å². The summed E-state index contributed by atoms with van der Waals surface area (Å²) in [6.07, 6.45) is -1.72. The molecule has 0 aliphatic rings. The largest absolute Gasteiger partial charge is 0.373 e. The van der Waals surface area contributed by atoms with Crippen molar-refractivity contribution in [2.75, 3.05) is 0 Å². The van der Waals surface area contributed by atoms with Crippen LogP contribution in [0.1, 0.15) is 5.56 Å². The van der Waals surface area contributed by atoms with Crippen LogP contribution in [0.25, 0.3) is 0 Å². The Hall–Kier alpha value is -0.980. The fourth-order valence-electron chi connectivity index (χ4n) is 0.954. The summed E-state index contributed by atoms with van der Waals surface area (Å²) in [4.78, 5) is 3.77. The molecule has 0 saturated heterocycles. The lowest BCUT2D eigenvalue weighted by Gasteiger charge is -2.26. The minimum atomic E-state index is -2.28. The summed E-state index contributed by atoms with van der Waals surface area (Å²) in [7, 11) is 0. The van der Waals surface area contributed by atoms with Crippen LogP contribution < -0.4 is 5.73 Å². The molecule has 0 bridgehead atoms. The monoisotopic (exact) mass is 185 g/mol. The number of hydrogen-bond donors (Lipinski definition) is 4. The number of aliphatic hydroxyl groups is 2. The standard InChI is InChI=1S/C8H11NO4/c9-7(10)8(11,13-12)6-4-2-1-3-5-6/h1-5,7,10-12H,9H2. The molecule has 2 unspecified atom stereocenters. The Morgan fingerprint density at radius 3 is 2.23 bits per heavy atom. The number of rotatable bonds is 3. The van der Waals surface area contributed by atoms with Gasteiger partial charge in [-0.2, -0.15) is 4.89 Å². The van der Waals surface area contributed by atoms with Crippen LogP contribution in [0.2, 0.25) is 0 Å². The molecule has 0 fully saturated rings. The lowest BCUT2D eigenvalue weighted by atomic mass is 10.1. The van der Waals surface area contributed by atoms with E-state index in [1.54, 1.807) is 18.2 Å². The minimum Gasteiger partial charge on any atom is -0.373 e. The van der Waals surface area contributed by atoms with Crippen LogP contribution in [0.3, 0.4) is 0 Å². The van der Waals surface area contributed by atoms with Gasteiger partial charge in [-0.15, -0.1) is 0 Å². The first-order chi connectivity index (χ1) is 6.11. The van der Waals surface area contributed by atoms with Gasteiger partial charge < -0.3 is 15.9 Å². The number of benzene rings is 1. The minimum absolute atomic E-state index is 0.174. The van der Waals surface area contributed by atoms with E-state index >= 15 is 0 Å². The van der Waals surface area contributed by atoms with Gasteiger partial charge in [0, 0.05) is 5.56 Å². The van der Waals surface area contributed by atoms with Crippen LogP contribution in [0.4, 0.5) is 0 Å². The van der Waals surface area contributed by atoms with E-state index in [4.69, 9.17) is 16.1 Å². The summed E-state index contributed by atoms with van der Waals surface area (Å²) in [5, 5.41) is 26.9. The maximum absolute atomic E-state index is 9.52. The van der Waals surface area contributed by atoms with E-state index in [1.807, 2.05) is 0 Å². The summed E-state index contributed by atoms with van der Waals surface area (Å²) in [5.74, 6) is -2.28. The van der Waals surface area contributed by atoms with Crippen LogP contribution in [-0.2, 0) is 10.7 Å². The molecule has 1 aromatic rings. The van der Waals surface area contributed by atoms with Gasteiger partial charge in [0.1, 0.15) is 0 Å². The zero-order valence-corrected chi connectivity index (χ0v) is 6.79. The summed E-state index contributed by atoms with van der Waals surface area (Å²) in [6, 6.07) is 7.87. The molecule has 0 spiro atoms. The Labute approximate surface area is 74.9 Å². The SMILES string of the molecule is NC(O)C(O)(OO)c1ccccc1. The van der Waals surface area contributed by atoms with E-state index in [-0.39, 0.29) is 5.56 Å². The van der Waals surface area contributed by atoms with Gasteiger partial charge in [-0.25, -0.2) is 5.26 Å². The number of nitrogens with two attached hydrogens (primary N) is 1. The van der Waals surface area contributed by atoms with E-state index in [0.29, 0.717) is 0 Å². The normalized spacial score (nSPS) is 17.8. The molecule has 0 aliphatic heterocycles. The third-order valence-electron chi connectivity index (χ3n) is 1.73. The zero-order valence-electron chi connectivity index (χ0n) is 6.79. The Balaban J connectivity index is 3.03. The van der Waals surface area contributed by atoms with Crippen LogP contribution in [0.15, 0.2) is 30.3 Å². The second kappa shape index (κ2) is 3.82. The van der Waals surface area contributed by atoms with Crippen molar-refractivity contribution >= 4 is 0 Å². The maximum Gasteiger partial charge on any atom is 0.264 e. The van der Waals surface area contributed by atoms with Crippen LogP contribution >= 0.6 is 0 Å². The van der Waals surface area contributed by atoms with Crippen molar-refractivity contribution in [3.63, 3.8) is 0 Å². The molecule has 72 valence electrons. The molecule has 5 nitrogen and oxygen atoms in total. The molecule has 0 saturated carbocycles. The molecular formula is C8H11NO4. The smallest absolute Gasteiger partial charge is 0.264 e. The highest BCUT2D eigenvalue weighted by atomic mass is 17.1. The highest BCUT2D eigenvalue weighted by molar-refractivity contribution is 5.20. The van der Waals surface area contributed by atoms with Gasteiger partial charge in [-0.05, 0) is 0 Å². The fourth-order valence-corrected chi connectivity index (χ4v) is 0.954. The highest BCUT2D eigenvalue weighted by Crippen LogP contribution is 2.22. The van der Waals surface area contributed by atoms with E-state index in [2.05, 4.69) is 4.89 Å². The molecule has 0 radical (unpaired) electrons. The molecule has 0 amide bonds. The Kier molecular flexibility index (Phi) is 2.97. The fraction of sp³-hybridized carbons (Fsp3) is 0.250. The van der Waals surface area contributed by atoms with Gasteiger partial charge >= 0.3 is 0 Å². The average Bonchev–Trinajstić information content (AvgIpc) is 2.17. The molecule has 0 heterocycles. The van der Waals surface area contributed by atoms with Gasteiger partial charge in [-0.3, -0.25) is 0 Å². The number of hydrogen-bond acceptors (Lipinski definition) is 5. The van der Waals surface area contributed by atoms with Crippen molar-refractivity contribution in [1.82, 2.24) is 0 Å². The van der Waals surface area contributed by atoms with E-state index in [0.717, 1.165) is 0 Å². The summed E-state index contributed by atoms with van der Waals surface area (Å²) >= 11 is 0. The summed E-state index contributed by atoms with van der Waals surface area (Å²) < 4.78 is 0. The van der Waals surface area contributed by atoms with Crippen molar-refractivity contribution in [2.45, 2.75) is 12.0 Å². The molecule has 1 aromatic carbocycles. The molecule has 2 atom stereocenters. The Bertz CT molecular complexity index is 264. The molecule has 0 aromatic heterocycles. The van der Waals surface area contributed by atoms with Crippen LogP contribution in [0, 0.1) is 0 Å². The van der Waals surface area contributed by atoms with Crippen molar-refractivity contribution < 1.29 is 20.4 Å². The summed E-state index contributed by atoms with van der Waals surface area (Å²) in [6.45, 7) is 0. The molecule has 13 heavy (non-hydrogen) atoms. The first kappa shape index (κ1) is 10.1. The predicted molar refractivity (Wildman–Crippen MR) is 44.2 cm³/mol. The van der Waals surface area contributed by atoms with Crippen molar-refractivity contribution in [3.05, 3.63) is 35.9 Å². The van der Waals surface area contributed by atoms with Crippen LogP contribution in [0.5, 0.6) is 0 Å². The van der Waals surface area contributed by atoms with Crippen molar-refractivity contribution in [3.8, 4) is 0 Å². The van der Waals surface area contributed by atoms with Gasteiger partial charge in [0.25, 0.3) is 5.79 Å². The quantitative estimate of drug-likeness (QED) is 0.292. The van der Waals surface area contributed by atoms with E-state index < -0.39 is 12.0 Å². The maximum atomic E-state index is 9.52. The Morgan fingerprint density at radius 1 is 1.31 bits per heavy atom. The second-order valence-electron chi connectivity index (χ2n) is 2.60. The lowest BCUT2D eigenvalue weighted by molar-refractivity contribution is -0.423. The molecule has 5 N–H and O–H groups in total. The van der Waals surface area contributed by atoms with E-state index in [1.165, 1.54) is 12.1 Å². The third kappa shape index (κ3) is 1.85. The molecule has 1 rings (SSSR count). The van der Waals surface area contributed by atoms with Gasteiger partial charge in [0.05, 0.1) is 0 Å². The topological polar surface area (TPSA) is 95.9 Å². The zero-order chi connectivity index (χ0) is 9.90. The van der Waals surface area contributed by atoms with Gasteiger partial charge in [0.2, 0.25) is 0 Å². The first-order valence-corrected chi connectivity index (χ1v) is 3.65.